The Bertz CT molecular complexity index is 2880. The lowest BCUT2D eigenvalue weighted by Crippen LogP contribution is -2.09. The molecule has 0 radical (unpaired) electrons. The molecule has 0 amide bonds. The third-order valence-electron chi connectivity index (χ3n) is 10.1. The van der Waals surface area contributed by atoms with Crippen LogP contribution in [0.5, 0.6) is 0 Å². The molecule has 9 aromatic carbocycles. The highest BCUT2D eigenvalue weighted by atomic mass is 16.3. The van der Waals surface area contributed by atoms with E-state index < -0.39 is 0 Å². The molecule has 0 N–H and O–H groups in total. The van der Waals surface area contributed by atoms with Crippen molar-refractivity contribution in [3.63, 3.8) is 0 Å². The maximum absolute atomic E-state index is 6.59. The smallest absolute Gasteiger partial charge is 0.227 e. The Morgan fingerprint density at radius 2 is 0.904 bits per heavy atom. The molecule has 0 saturated heterocycles. The van der Waals surface area contributed by atoms with Crippen molar-refractivity contribution in [1.82, 2.24) is 4.98 Å². The van der Waals surface area contributed by atoms with Crippen LogP contribution in [-0.4, -0.2) is 4.98 Å². The molecule has 0 atom stereocenters. The van der Waals surface area contributed by atoms with Crippen LogP contribution in [0.15, 0.2) is 199 Å². The fourth-order valence-corrected chi connectivity index (χ4v) is 7.56. The maximum Gasteiger partial charge on any atom is 0.227 e. The van der Waals surface area contributed by atoms with Crippen molar-refractivity contribution >= 4 is 60.5 Å². The lowest BCUT2D eigenvalue weighted by atomic mass is 9.96. The van der Waals surface area contributed by atoms with E-state index in [1.54, 1.807) is 0 Å². The minimum Gasteiger partial charge on any atom is -0.435 e. The summed E-state index contributed by atoms with van der Waals surface area (Å²) in [6.45, 7) is 0. The number of rotatable bonds is 6. The number of para-hydroxylation sites is 1. The molecule has 52 heavy (non-hydrogen) atoms. The van der Waals surface area contributed by atoms with Crippen LogP contribution in [0, 0.1) is 0 Å². The van der Waals surface area contributed by atoms with Gasteiger partial charge in [-0.05, 0) is 98.0 Å². The van der Waals surface area contributed by atoms with Crippen molar-refractivity contribution in [3.8, 4) is 33.7 Å². The van der Waals surface area contributed by atoms with Gasteiger partial charge in [0, 0.05) is 33.8 Å². The van der Waals surface area contributed by atoms with Crippen LogP contribution >= 0.6 is 0 Å². The van der Waals surface area contributed by atoms with E-state index in [2.05, 4.69) is 163 Å². The van der Waals surface area contributed by atoms with Crippen molar-refractivity contribution in [2.24, 2.45) is 0 Å². The highest BCUT2D eigenvalue weighted by Gasteiger charge is 2.19. The summed E-state index contributed by atoms with van der Waals surface area (Å²) in [7, 11) is 0. The molecule has 0 aliphatic carbocycles. The molecular formula is C49H32N2O. The average molecular weight is 665 g/mol. The van der Waals surface area contributed by atoms with Crippen molar-refractivity contribution < 1.29 is 4.42 Å². The molecule has 0 aliphatic heterocycles. The van der Waals surface area contributed by atoms with E-state index in [4.69, 9.17) is 9.40 Å². The molecule has 0 unspecified atom stereocenters. The van der Waals surface area contributed by atoms with Crippen molar-refractivity contribution in [3.05, 3.63) is 194 Å². The number of fused-ring (bicyclic) bond motifs is 6. The number of anilines is 3. The first kappa shape index (κ1) is 29.9. The van der Waals surface area contributed by atoms with E-state index in [1.807, 2.05) is 36.4 Å². The van der Waals surface area contributed by atoms with Crippen LogP contribution in [0.4, 0.5) is 17.1 Å². The second-order valence-electron chi connectivity index (χ2n) is 13.2. The molecular weight excluding hydrogens is 633 g/mol. The molecule has 0 fully saturated rings. The van der Waals surface area contributed by atoms with Crippen molar-refractivity contribution in [2.45, 2.75) is 0 Å². The third kappa shape index (κ3) is 5.10. The van der Waals surface area contributed by atoms with Crippen LogP contribution in [0.25, 0.3) is 77.1 Å². The monoisotopic (exact) mass is 664 g/mol. The second kappa shape index (κ2) is 12.4. The number of nitrogens with zero attached hydrogens (tertiary/aromatic N) is 2. The second-order valence-corrected chi connectivity index (χ2v) is 13.2. The zero-order chi connectivity index (χ0) is 34.4. The number of aromatic nitrogens is 1. The van der Waals surface area contributed by atoms with Crippen LogP contribution in [0.3, 0.4) is 0 Å². The standard InChI is InChI=1S/C49H32N2O/c1-4-12-33(13-5-1)43-30-31-44(48-47(43)50-49(52-48)36-15-6-2-7-16-36)35-20-24-39(25-21-35)51(38-17-8-3-9-18-38)40-26-29-42-37(32-40)23-28-45-41-19-11-10-14-34(41)22-27-46(42)45/h1-32H. The lowest BCUT2D eigenvalue weighted by Gasteiger charge is -2.26. The minimum atomic E-state index is 0.615. The van der Waals surface area contributed by atoms with E-state index in [9.17, 15) is 0 Å². The van der Waals surface area contributed by atoms with Gasteiger partial charge in [0.05, 0.1) is 0 Å². The van der Waals surface area contributed by atoms with Gasteiger partial charge in [0.2, 0.25) is 5.89 Å². The fourth-order valence-electron chi connectivity index (χ4n) is 7.56. The molecule has 1 heterocycles. The molecule has 0 saturated carbocycles. The number of hydrogen-bond acceptors (Lipinski definition) is 3. The molecule has 10 rings (SSSR count). The van der Waals surface area contributed by atoms with Gasteiger partial charge in [-0.15, -0.1) is 0 Å². The fraction of sp³-hybridized carbons (Fsp3) is 0. The van der Waals surface area contributed by atoms with Crippen molar-refractivity contribution in [2.75, 3.05) is 4.90 Å². The maximum atomic E-state index is 6.59. The zero-order valence-corrected chi connectivity index (χ0v) is 28.3. The van der Waals surface area contributed by atoms with Gasteiger partial charge in [0.25, 0.3) is 0 Å². The van der Waals surface area contributed by atoms with Gasteiger partial charge in [0.1, 0.15) is 5.52 Å². The van der Waals surface area contributed by atoms with Crippen LogP contribution in [0.2, 0.25) is 0 Å². The lowest BCUT2D eigenvalue weighted by molar-refractivity contribution is 0.621. The topological polar surface area (TPSA) is 29.3 Å². The summed E-state index contributed by atoms with van der Waals surface area (Å²) in [5.41, 5.74) is 10.1. The Balaban J connectivity index is 1.08. The largest absolute Gasteiger partial charge is 0.435 e. The van der Waals surface area contributed by atoms with Gasteiger partial charge >= 0.3 is 0 Å². The van der Waals surface area contributed by atoms with E-state index in [1.165, 1.54) is 32.3 Å². The molecule has 0 bridgehead atoms. The van der Waals surface area contributed by atoms with Crippen molar-refractivity contribution in [1.29, 1.82) is 0 Å². The van der Waals surface area contributed by atoms with Gasteiger partial charge in [-0.25, -0.2) is 4.98 Å². The Kier molecular flexibility index (Phi) is 7.14. The molecule has 3 nitrogen and oxygen atoms in total. The molecule has 244 valence electrons. The van der Waals surface area contributed by atoms with Gasteiger partial charge in [-0.1, -0.05) is 140 Å². The van der Waals surface area contributed by atoms with Gasteiger partial charge < -0.3 is 9.32 Å². The summed E-state index contributed by atoms with van der Waals surface area (Å²) >= 11 is 0. The van der Waals surface area contributed by atoms with E-state index in [0.717, 1.165) is 56.0 Å². The molecule has 0 aliphatic rings. The Labute approximate surface area is 301 Å². The number of oxazole rings is 1. The normalized spacial score (nSPS) is 11.5. The molecule has 10 aromatic rings. The summed E-state index contributed by atoms with van der Waals surface area (Å²) in [5, 5.41) is 7.55. The summed E-state index contributed by atoms with van der Waals surface area (Å²) < 4.78 is 6.59. The highest BCUT2D eigenvalue weighted by molar-refractivity contribution is 6.17. The average Bonchev–Trinajstić information content (AvgIpc) is 3.68. The summed E-state index contributed by atoms with van der Waals surface area (Å²) in [4.78, 5) is 7.38. The van der Waals surface area contributed by atoms with Gasteiger partial charge in [0.15, 0.2) is 5.58 Å². The number of hydrogen-bond donors (Lipinski definition) is 0. The third-order valence-corrected chi connectivity index (χ3v) is 10.1. The number of benzene rings is 9. The van der Waals surface area contributed by atoms with E-state index in [-0.39, 0.29) is 0 Å². The first-order valence-corrected chi connectivity index (χ1v) is 17.6. The predicted octanol–water partition coefficient (Wildman–Crippen LogP) is 13.8. The zero-order valence-electron chi connectivity index (χ0n) is 28.3. The summed E-state index contributed by atoms with van der Waals surface area (Å²) in [5.74, 6) is 0.615. The molecule has 0 spiro atoms. The SMILES string of the molecule is c1ccc(-c2nc3c(-c4ccccc4)ccc(-c4ccc(N(c5ccccc5)c5ccc6c(ccc7c8ccccc8ccc67)c5)cc4)c3o2)cc1. The van der Waals surface area contributed by atoms with Crippen LogP contribution in [0.1, 0.15) is 0 Å². The Hall–Kier alpha value is -6.97. The van der Waals surface area contributed by atoms with Crippen LogP contribution < -0.4 is 4.90 Å². The van der Waals surface area contributed by atoms with E-state index in [0.29, 0.717) is 5.89 Å². The predicted molar refractivity (Wildman–Crippen MR) is 218 cm³/mol. The van der Waals surface area contributed by atoms with Gasteiger partial charge in [-0.3, -0.25) is 0 Å². The highest BCUT2D eigenvalue weighted by Crippen LogP contribution is 2.41. The first-order chi connectivity index (χ1) is 25.8. The quantitative estimate of drug-likeness (QED) is 0.166. The van der Waals surface area contributed by atoms with Crippen LogP contribution in [-0.2, 0) is 0 Å². The Morgan fingerprint density at radius 3 is 1.65 bits per heavy atom. The Morgan fingerprint density at radius 1 is 0.365 bits per heavy atom. The molecule has 1 aromatic heterocycles. The van der Waals surface area contributed by atoms with Gasteiger partial charge in [-0.2, -0.15) is 0 Å². The summed E-state index contributed by atoms with van der Waals surface area (Å²) in [6.07, 6.45) is 0. The van der Waals surface area contributed by atoms with E-state index >= 15 is 0 Å². The summed E-state index contributed by atoms with van der Waals surface area (Å²) in [6, 6.07) is 68.6. The molecule has 3 heteroatoms. The minimum absolute atomic E-state index is 0.615. The first-order valence-electron chi connectivity index (χ1n) is 17.6.